The number of piperidine rings is 1. The Bertz CT molecular complexity index is 257. The van der Waals surface area contributed by atoms with Gasteiger partial charge in [0.25, 0.3) is 0 Å². The maximum absolute atomic E-state index is 12.1. The summed E-state index contributed by atoms with van der Waals surface area (Å²) in [7, 11) is 0. The number of nitrogens with one attached hydrogen (secondary N) is 1. The van der Waals surface area contributed by atoms with Gasteiger partial charge in [0.2, 0.25) is 0 Å². The van der Waals surface area contributed by atoms with Crippen LogP contribution in [0, 0.1) is 5.41 Å². The minimum atomic E-state index is -0.109. The molecule has 0 amide bonds. The van der Waals surface area contributed by atoms with Crippen molar-refractivity contribution in [1.82, 2.24) is 5.32 Å². The SMILES string of the molecule is CC1(C)CCCNC1C(=O)OC1CCCC1. The zero-order chi connectivity index (χ0) is 11.6. The molecule has 16 heavy (non-hydrogen) atoms. The highest BCUT2D eigenvalue weighted by atomic mass is 16.5. The molecule has 0 radical (unpaired) electrons. The van der Waals surface area contributed by atoms with Crippen LogP contribution >= 0.6 is 0 Å². The van der Waals surface area contributed by atoms with Crippen molar-refractivity contribution in [3.63, 3.8) is 0 Å². The fourth-order valence-corrected chi connectivity index (χ4v) is 2.85. The van der Waals surface area contributed by atoms with Crippen molar-refractivity contribution in [2.75, 3.05) is 6.54 Å². The summed E-state index contributed by atoms with van der Waals surface area (Å²) in [6.45, 7) is 5.24. The van der Waals surface area contributed by atoms with Crippen molar-refractivity contribution in [1.29, 1.82) is 0 Å². The Kier molecular flexibility index (Phi) is 3.53. The molecule has 3 heteroatoms. The molecule has 0 aromatic carbocycles. The Morgan fingerprint density at radius 3 is 2.56 bits per heavy atom. The Balaban J connectivity index is 1.91. The molecular weight excluding hydrogens is 202 g/mol. The maximum atomic E-state index is 12.1. The van der Waals surface area contributed by atoms with Gasteiger partial charge in [-0.1, -0.05) is 13.8 Å². The first kappa shape index (κ1) is 11.9. The number of carbonyl (C=O) groups excluding carboxylic acids is 1. The summed E-state index contributed by atoms with van der Waals surface area (Å²) in [6.07, 6.45) is 6.97. The van der Waals surface area contributed by atoms with E-state index in [-0.39, 0.29) is 23.5 Å². The Morgan fingerprint density at radius 1 is 1.25 bits per heavy atom. The normalized spacial score (nSPS) is 30.2. The van der Waals surface area contributed by atoms with Gasteiger partial charge in [0.15, 0.2) is 0 Å². The maximum Gasteiger partial charge on any atom is 0.323 e. The number of ether oxygens (including phenoxy) is 1. The molecule has 1 aliphatic heterocycles. The van der Waals surface area contributed by atoms with Crippen molar-refractivity contribution in [2.45, 2.75) is 64.5 Å². The number of hydrogen-bond donors (Lipinski definition) is 1. The number of rotatable bonds is 2. The molecule has 0 spiro atoms. The Morgan fingerprint density at radius 2 is 1.94 bits per heavy atom. The predicted molar refractivity (Wildman–Crippen MR) is 63.2 cm³/mol. The summed E-state index contributed by atoms with van der Waals surface area (Å²) in [5, 5.41) is 3.31. The molecular formula is C13H23NO2. The second-order valence-corrected chi connectivity index (χ2v) is 5.82. The second kappa shape index (κ2) is 4.74. The third-order valence-corrected chi connectivity index (χ3v) is 3.95. The number of hydrogen-bond acceptors (Lipinski definition) is 3. The van der Waals surface area contributed by atoms with E-state index in [4.69, 9.17) is 4.74 Å². The van der Waals surface area contributed by atoms with E-state index >= 15 is 0 Å². The molecule has 1 aliphatic carbocycles. The molecule has 92 valence electrons. The van der Waals surface area contributed by atoms with Crippen LogP contribution in [0.3, 0.4) is 0 Å². The summed E-state index contributed by atoms with van der Waals surface area (Å²) in [6, 6.07) is -0.109. The summed E-state index contributed by atoms with van der Waals surface area (Å²) in [5.41, 5.74) is 0.0357. The van der Waals surface area contributed by atoms with Crippen molar-refractivity contribution in [3.05, 3.63) is 0 Å². The molecule has 1 saturated heterocycles. The minimum Gasteiger partial charge on any atom is -0.461 e. The topological polar surface area (TPSA) is 38.3 Å². The fourth-order valence-electron chi connectivity index (χ4n) is 2.85. The molecule has 1 N–H and O–H groups in total. The molecule has 0 aromatic rings. The lowest BCUT2D eigenvalue weighted by Crippen LogP contribution is -2.52. The number of esters is 1. The van der Waals surface area contributed by atoms with Crippen molar-refractivity contribution >= 4 is 5.97 Å². The highest BCUT2D eigenvalue weighted by Crippen LogP contribution is 2.31. The van der Waals surface area contributed by atoms with Gasteiger partial charge in [0.1, 0.15) is 12.1 Å². The first-order valence-electron chi connectivity index (χ1n) is 6.53. The van der Waals surface area contributed by atoms with E-state index in [1.165, 1.54) is 12.8 Å². The average molecular weight is 225 g/mol. The van der Waals surface area contributed by atoms with Gasteiger partial charge in [0, 0.05) is 0 Å². The van der Waals surface area contributed by atoms with E-state index in [2.05, 4.69) is 19.2 Å². The van der Waals surface area contributed by atoms with E-state index in [0.29, 0.717) is 0 Å². The van der Waals surface area contributed by atoms with Gasteiger partial charge in [-0.2, -0.15) is 0 Å². The van der Waals surface area contributed by atoms with Crippen LogP contribution in [-0.4, -0.2) is 24.7 Å². The fraction of sp³-hybridized carbons (Fsp3) is 0.923. The first-order valence-corrected chi connectivity index (χ1v) is 6.53. The van der Waals surface area contributed by atoms with Crippen LogP contribution in [0.5, 0.6) is 0 Å². The molecule has 1 saturated carbocycles. The molecule has 0 bridgehead atoms. The molecule has 1 heterocycles. The Hall–Kier alpha value is -0.570. The van der Waals surface area contributed by atoms with Gasteiger partial charge in [0.05, 0.1) is 0 Å². The van der Waals surface area contributed by atoms with Crippen molar-refractivity contribution < 1.29 is 9.53 Å². The van der Waals surface area contributed by atoms with E-state index in [9.17, 15) is 4.79 Å². The van der Waals surface area contributed by atoms with Crippen LogP contribution in [0.25, 0.3) is 0 Å². The lowest BCUT2D eigenvalue weighted by molar-refractivity contribution is -0.155. The highest BCUT2D eigenvalue weighted by molar-refractivity contribution is 5.77. The van der Waals surface area contributed by atoms with Gasteiger partial charge in [-0.3, -0.25) is 4.79 Å². The van der Waals surface area contributed by atoms with Crippen molar-refractivity contribution in [2.24, 2.45) is 5.41 Å². The molecule has 2 aliphatic rings. The minimum absolute atomic E-state index is 0.0309. The van der Waals surface area contributed by atoms with Crippen LogP contribution in [-0.2, 0) is 9.53 Å². The highest BCUT2D eigenvalue weighted by Gasteiger charge is 2.39. The molecule has 2 rings (SSSR count). The van der Waals surface area contributed by atoms with Gasteiger partial charge in [-0.15, -0.1) is 0 Å². The van der Waals surface area contributed by atoms with Crippen LogP contribution in [0.4, 0.5) is 0 Å². The number of carbonyl (C=O) groups is 1. The quantitative estimate of drug-likeness (QED) is 0.733. The summed E-state index contributed by atoms with van der Waals surface area (Å²) < 4.78 is 5.58. The average Bonchev–Trinajstić information content (AvgIpc) is 2.69. The molecule has 1 atom stereocenters. The lowest BCUT2D eigenvalue weighted by Gasteiger charge is -2.38. The van der Waals surface area contributed by atoms with Gasteiger partial charge in [-0.25, -0.2) is 0 Å². The van der Waals surface area contributed by atoms with E-state index in [1.54, 1.807) is 0 Å². The van der Waals surface area contributed by atoms with E-state index < -0.39 is 0 Å². The summed E-state index contributed by atoms with van der Waals surface area (Å²) >= 11 is 0. The summed E-state index contributed by atoms with van der Waals surface area (Å²) in [5.74, 6) is -0.0309. The molecule has 1 unspecified atom stereocenters. The second-order valence-electron chi connectivity index (χ2n) is 5.82. The standard InChI is InChI=1S/C13H23NO2/c1-13(2)8-5-9-14-11(13)12(15)16-10-6-3-4-7-10/h10-11,14H,3-9H2,1-2H3. The first-order chi connectivity index (χ1) is 7.59. The van der Waals surface area contributed by atoms with E-state index in [1.807, 2.05) is 0 Å². The largest absolute Gasteiger partial charge is 0.461 e. The third kappa shape index (κ3) is 2.57. The zero-order valence-electron chi connectivity index (χ0n) is 10.4. The van der Waals surface area contributed by atoms with Crippen LogP contribution in [0.2, 0.25) is 0 Å². The van der Waals surface area contributed by atoms with Crippen LogP contribution < -0.4 is 5.32 Å². The van der Waals surface area contributed by atoms with E-state index in [0.717, 1.165) is 32.2 Å². The lowest BCUT2D eigenvalue weighted by atomic mass is 9.77. The monoisotopic (exact) mass is 225 g/mol. The third-order valence-electron chi connectivity index (χ3n) is 3.95. The van der Waals surface area contributed by atoms with Gasteiger partial charge < -0.3 is 10.1 Å². The molecule has 3 nitrogen and oxygen atoms in total. The summed E-state index contributed by atoms with van der Waals surface area (Å²) in [4.78, 5) is 12.1. The van der Waals surface area contributed by atoms with Gasteiger partial charge >= 0.3 is 5.97 Å². The Labute approximate surface area is 97.9 Å². The zero-order valence-corrected chi connectivity index (χ0v) is 10.4. The predicted octanol–water partition coefficient (Wildman–Crippen LogP) is 2.25. The smallest absolute Gasteiger partial charge is 0.323 e. The van der Waals surface area contributed by atoms with Gasteiger partial charge in [-0.05, 0) is 50.5 Å². The molecule has 0 aromatic heterocycles. The van der Waals surface area contributed by atoms with Crippen LogP contribution in [0.1, 0.15) is 52.4 Å². The van der Waals surface area contributed by atoms with Crippen molar-refractivity contribution in [3.8, 4) is 0 Å². The molecule has 2 fully saturated rings. The van der Waals surface area contributed by atoms with Crippen LogP contribution in [0.15, 0.2) is 0 Å².